The summed E-state index contributed by atoms with van der Waals surface area (Å²) in [7, 11) is -3.44. The zero-order valence-electron chi connectivity index (χ0n) is 11.6. The number of nitrogens with zero attached hydrogens (tertiary/aromatic N) is 1. The largest absolute Gasteiger partial charge is 0.396 e. The van der Waals surface area contributed by atoms with Crippen LogP contribution in [0.3, 0.4) is 0 Å². The molecule has 1 rings (SSSR count). The lowest BCUT2D eigenvalue weighted by molar-refractivity contribution is 0.163. The van der Waals surface area contributed by atoms with Gasteiger partial charge in [-0.3, -0.25) is 0 Å². The van der Waals surface area contributed by atoms with E-state index in [1.54, 1.807) is 0 Å². The molecule has 2 N–H and O–H groups in total. The fourth-order valence-corrected chi connectivity index (χ4v) is 3.98. The SMILES string of the molecule is CCC(C)(CC)NS(=O)(=O)N1CCCC(CO)C1. The van der Waals surface area contributed by atoms with E-state index in [1.807, 2.05) is 20.8 Å². The highest BCUT2D eigenvalue weighted by molar-refractivity contribution is 7.87. The quantitative estimate of drug-likeness (QED) is 0.764. The predicted octanol–water partition coefficient (Wildman–Crippen LogP) is 1.10. The van der Waals surface area contributed by atoms with E-state index in [4.69, 9.17) is 5.11 Å². The Hall–Kier alpha value is -0.170. The van der Waals surface area contributed by atoms with Crippen molar-refractivity contribution in [2.24, 2.45) is 5.92 Å². The van der Waals surface area contributed by atoms with Crippen LogP contribution in [0.5, 0.6) is 0 Å². The monoisotopic (exact) mass is 278 g/mol. The van der Waals surface area contributed by atoms with Crippen molar-refractivity contribution >= 4 is 10.2 Å². The number of piperidine rings is 1. The van der Waals surface area contributed by atoms with Crippen molar-refractivity contribution in [3.05, 3.63) is 0 Å². The average molecular weight is 278 g/mol. The second-order valence-corrected chi connectivity index (χ2v) is 7.09. The topological polar surface area (TPSA) is 69.6 Å². The summed E-state index contributed by atoms with van der Waals surface area (Å²) in [6.07, 6.45) is 3.25. The zero-order valence-corrected chi connectivity index (χ0v) is 12.5. The van der Waals surface area contributed by atoms with Crippen molar-refractivity contribution in [2.75, 3.05) is 19.7 Å². The van der Waals surface area contributed by atoms with Gasteiger partial charge in [0.05, 0.1) is 0 Å². The average Bonchev–Trinajstić information content (AvgIpc) is 2.38. The predicted molar refractivity (Wildman–Crippen MR) is 72.4 cm³/mol. The second-order valence-electron chi connectivity index (χ2n) is 5.42. The third-order valence-corrected chi connectivity index (χ3v) is 5.78. The first-order valence-electron chi connectivity index (χ1n) is 6.76. The standard InChI is InChI=1S/C12H26N2O3S/c1-4-12(3,5-2)13-18(16,17)14-8-6-7-11(9-14)10-15/h11,13,15H,4-10H2,1-3H3. The smallest absolute Gasteiger partial charge is 0.279 e. The zero-order chi connectivity index (χ0) is 13.8. The molecule has 0 aromatic carbocycles. The van der Waals surface area contributed by atoms with Crippen LogP contribution in [0.1, 0.15) is 46.5 Å². The summed E-state index contributed by atoms with van der Waals surface area (Å²) in [5, 5.41) is 9.16. The van der Waals surface area contributed by atoms with Gasteiger partial charge in [0.1, 0.15) is 0 Å². The molecule has 0 aromatic rings. The van der Waals surface area contributed by atoms with Crippen molar-refractivity contribution in [3.8, 4) is 0 Å². The first kappa shape index (κ1) is 15.9. The Morgan fingerprint density at radius 3 is 2.50 bits per heavy atom. The van der Waals surface area contributed by atoms with Crippen LogP contribution in [0.25, 0.3) is 0 Å². The van der Waals surface area contributed by atoms with E-state index in [1.165, 1.54) is 4.31 Å². The molecule has 1 aliphatic rings. The summed E-state index contributed by atoms with van der Waals surface area (Å²) in [5.41, 5.74) is -0.384. The number of aliphatic hydroxyl groups excluding tert-OH is 1. The number of rotatable bonds is 6. The summed E-state index contributed by atoms with van der Waals surface area (Å²) < 4.78 is 28.9. The lowest BCUT2D eigenvalue weighted by Crippen LogP contribution is -2.53. The Kier molecular flexibility index (Phi) is 5.58. The highest BCUT2D eigenvalue weighted by Crippen LogP contribution is 2.21. The minimum Gasteiger partial charge on any atom is -0.396 e. The van der Waals surface area contributed by atoms with Crippen LogP contribution >= 0.6 is 0 Å². The van der Waals surface area contributed by atoms with Gasteiger partial charge >= 0.3 is 0 Å². The number of hydrogen-bond acceptors (Lipinski definition) is 3. The number of hydrogen-bond donors (Lipinski definition) is 2. The summed E-state index contributed by atoms with van der Waals surface area (Å²) in [6.45, 7) is 6.94. The van der Waals surface area contributed by atoms with Crippen LogP contribution in [0.4, 0.5) is 0 Å². The Bertz CT molecular complexity index is 352. The molecule has 108 valence electrons. The third kappa shape index (κ3) is 3.91. The van der Waals surface area contributed by atoms with Crippen LogP contribution in [0.15, 0.2) is 0 Å². The maximum atomic E-state index is 12.3. The van der Waals surface area contributed by atoms with Crippen LogP contribution in [0.2, 0.25) is 0 Å². The van der Waals surface area contributed by atoms with Gasteiger partial charge in [-0.25, -0.2) is 0 Å². The van der Waals surface area contributed by atoms with Crippen molar-refractivity contribution < 1.29 is 13.5 Å². The van der Waals surface area contributed by atoms with Crippen LogP contribution in [-0.4, -0.2) is 43.1 Å². The van der Waals surface area contributed by atoms with Gasteiger partial charge in [0.25, 0.3) is 10.2 Å². The lowest BCUT2D eigenvalue weighted by Gasteiger charge is -2.35. The molecule has 0 saturated carbocycles. The van der Waals surface area contributed by atoms with Gasteiger partial charge < -0.3 is 5.11 Å². The number of aliphatic hydroxyl groups is 1. The Labute approximate surface area is 111 Å². The maximum Gasteiger partial charge on any atom is 0.279 e. The fourth-order valence-electron chi connectivity index (χ4n) is 2.16. The molecular weight excluding hydrogens is 252 g/mol. The van der Waals surface area contributed by atoms with Crippen LogP contribution in [-0.2, 0) is 10.2 Å². The van der Waals surface area contributed by atoms with Gasteiger partial charge in [-0.05, 0) is 38.5 Å². The highest BCUT2D eigenvalue weighted by Gasteiger charge is 2.33. The second kappa shape index (κ2) is 6.32. The summed E-state index contributed by atoms with van der Waals surface area (Å²) in [4.78, 5) is 0. The Balaban J connectivity index is 2.74. The Morgan fingerprint density at radius 1 is 1.39 bits per heavy atom. The Morgan fingerprint density at radius 2 is 2.00 bits per heavy atom. The minimum atomic E-state index is -3.44. The summed E-state index contributed by atoms with van der Waals surface area (Å²) in [5.74, 6) is 0.0739. The molecule has 1 atom stereocenters. The molecule has 1 saturated heterocycles. The lowest BCUT2D eigenvalue weighted by atomic mass is 9.98. The minimum absolute atomic E-state index is 0.0604. The molecule has 18 heavy (non-hydrogen) atoms. The molecule has 0 aromatic heterocycles. The van der Waals surface area contributed by atoms with Gasteiger partial charge in [-0.2, -0.15) is 17.4 Å². The third-order valence-electron chi connectivity index (χ3n) is 4.02. The van der Waals surface area contributed by atoms with E-state index in [2.05, 4.69) is 4.72 Å². The molecule has 0 spiro atoms. The van der Waals surface area contributed by atoms with E-state index in [9.17, 15) is 8.42 Å². The molecule has 0 radical (unpaired) electrons. The van der Waals surface area contributed by atoms with E-state index in [0.29, 0.717) is 13.1 Å². The molecule has 1 aliphatic heterocycles. The normalized spacial score (nSPS) is 23.2. The summed E-state index contributed by atoms with van der Waals surface area (Å²) >= 11 is 0. The van der Waals surface area contributed by atoms with Crippen molar-refractivity contribution in [3.63, 3.8) is 0 Å². The molecule has 1 heterocycles. The fraction of sp³-hybridized carbons (Fsp3) is 1.00. The van der Waals surface area contributed by atoms with Crippen molar-refractivity contribution in [1.29, 1.82) is 0 Å². The number of nitrogens with one attached hydrogen (secondary N) is 1. The highest BCUT2D eigenvalue weighted by atomic mass is 32.2. The van der Waals surface area contributed by atoms with Gasteiger partial charge in [0.2, 0.25) is 0 Å². The van der Waals surface area contributed by atoms with Gasteiger partial charge in [0.15, 0.2) is 0 Å². The van der Waals surface area contributed by atoms with Crippen LogP contribution < -0.4 is 4.72 Å². The molecular formula is C12H26N2O3S. The molecule has 0 amide bonds. The van der Waals surface area contributed by atoms with Crippen LogP contribution in [0, 0.1) is 5.92 Å². The molecule has 0 bridgehead atoms. The van der Waals surface area contributed by atoms with Gasteiger partial charge in [0, 0.05) is 25.2 Å². The van der Waals surface area contributed by atoms with E-state index < -0.39 is 10.2 Å². The van der Waals surface area contributed by atoms with E-state index in [0.717, 1.165) is 25.7 Å². The first-order chi connectivity index (χ1) is 8.37. The van der Waals surface area contributed by atoms with Gasteiger partial charge in [-0.15, -0.1) is 0 Å². The van der Waals surface area contributed by atoms with E-state index >= 15 is 0 Å². The molecule has 6 heteroatoms. The molecule has 1 unspecified atom stereocenters. The van der Waals surface area contributed by atoms with Crippen molar-refractivity contribution in [1.82, 2.24) is 9.03 Å². The first-order valence-corrected chi connectivity index (χ1v) is 8.20. The summed E-state index contributed by atoms with van der Waals surface area (Å²) in [6, 6.07) is 0. The van der Waals surface area contributed by atoms with Crippen molar-refractivity contribution in [2.45, 2.75) is 52.0 Å². The molecule has 1 fully saturated rings. The molecule has 0 aliphatic carbocycles. The van der Waals surface area contributed by atoms with Gasteiger partial charge in [-0.1, -0.05) is 13.8 Å². The molecule has 5 nitrogen and oxygen atoms in total. The van der Waals surface area contributed by atoms with E-state index in [-0.39, 0.29) is 18.1 Å². The maximum absolute atomic E-state index is 12.3.